The lowest BCUT2D eigenvalue weighted by molar-refractivity contribution is 0.354. The van der Waals surface area contributed by atoms with Gasteiger partial charge in [-0.3, -0.25) is 4.79 Å². The molecule has 0 radical (unpaired) electrons. The fourth-order valence-electron chi connectivity index (χ4n) is 4.23. The van der Waals surface area contributed by atoms with E-state index in [-0.39, 0.29) is 16.9 Å². The van der Waals surface area contributed by atoms with E-state index in [1.165, 1.54) is 18.3 Å². The number of hydrogen-bond acceptors (Lipinski definition) is 6. The summed E-state index contributed by atoms with van der Waals surface area (Å²) < 4.78 is 31.8. The normalized spacial score (nSPS) is 14.1. The SMILES string of the molecule is COc1cc2c(cc1OC)C(Oc1ccc(-c3cnc(CC4=CCC=CC=C4)[nH]c3=O)cc1F)=CCN2. The van der Waals surface area contributed by atoms with Crippen LogP contribution in [0.4, 0.5) is 10.1 Å². The molecule has 0 unspecified atom stereocenters. The van der Waals surface area contributed by atoms with E-state index in [2.05, 4.69) is 27.4 Å². The van der Waals surface area contributed by atoms with Crippen molar-refractivity contribution in [3.63, 3.8) is 0 Å². The Morgan fingerprint density at radius 1 is 1.00 bits per heavy atom. The summed E-state index contributed by atoms with van der Waals surface area (Å²) in [5.74, 6) is 1.60. The van der Waals surface area contributed by atoms with Crippen molar-refractivity contribution < 1.29 is 18.6 Å². The van der Waals surface area contributed by atoms with Crippen molar-refractivity contribution in [2.24, 2.45) is 0 Å². The molecule has 0 spiro atoms. The molecule has 188 valence electrons. The van der Waals surface area contributed by atoms with Crippen molar-refractivity contribution in [3.8, 4) is 28.4 Å². The lowest BCUT2D eigenvalue weighted by atomic mass is 10.1. The van der Waals surface area contributed by atoms with Gasteiger partial charge < -0.3 is 24.5 Å². The summed E-state index contributed by atoms with van der Waals surface area (Å²) >= 11 is 0. The molecule has 7 nitrogen and oxygen atoms in total. The molecule has 37 heavy (non-hydrogen) atoms. The van der Waals surface area contributed by atoms with Crippen LogP contribution in [0.3, 0.4) is 0 Å². The molecule has 1 aliphatic heterocycles. The minimum absolute atomic E-state index is 0.0411. The molecule has 0 atom stereocenters. The number of ether oxygens (including phenoxy) is 3. The highest BCUT2D eigenvalue weighted by Crippen LogP contribution is 2.39. The molecule has 2 aromatic carbocycles. The van der Waals surface area contributed by atoms with Gasteiger partial charge in [0.1, 0.15) is 11.6 Å². The molecule has 2 heterocycles. The van der Waals surface area contributed by atoms with Gasteiger partial charge in [0.25, 0.3) is 5.56 Å². The maximum absolute atomic E-state index is 15.1. The van der Waals surface area contributed by atoms with Crippen LogP contribution in [0, 0.1) is 5.82 Å². The van der Waals surface area contributed by atoms with Gasteiger partial charge in [0, 0.05) is 36.5 Å². The van der Waals surface area contributed by atoms with Gasteiger partial charge in [-0.15, -0.1) is 0 Å². The van der Waals surface area contributed by atoms with Crippen molar-refractivity contribution in [3.05, 3.63) is 106 Å². The number of nitrogens with zero attached hydrogens (tertiary/aromatic N) is 1. The van der Waals surface area contributed by atoms with Crippen molar-refractivity contribution in [2.75, 3.05) is 26.1 Å². The molecule has 5 rings (SSSR count). The Balaban J connectivity index is 1.36. The van der Waals surface area contributed by atoms with Crippen LogP contribution in [0.25, 0.3) is 16.9 Å². The molecule has 8 heteroatoms. The third-order valence-corrected chi connectivity index (χ3v) is 6.13. The number of halogens is 1. The van der Waals surface area contributed by atoms with Gasteiger partial charge >= 0.3 is 0 Å². The zero-order valence-corrected chi connectivity index (χ0v) is 20.5. The molecule has 1 aliphatic carbocycles. The molecule has 0 saturated carbocycles. The zero-order chi connectivity index (χ0) is 25.8. The van der Waals surface area contributed by atoms with Crippen LogP contribution in [0.5, 0.6) is 17.2 Å². The summed E-state index contributed by atoms with van der Waals surface area (Å²) in [5.41, 5.74) is 2.94. The van der Waals surface area contributed by atoms with Crippen LogP contribution in [-0.4, -0.2) is 30.7 Å². The Bertz CT molecular complexity index is 1520. The van der Waals surface area contributed by atoms with Crippen molar-refractivity contribution >= 4 is 11.4 Å². The Morgan fingerprint density at radius 2 is 1.84 bits per heavy atom. The highest BCUT2D eigenvalue weighted by atomic mass is 19.1. The van der Waals surface area contributed by atoms with Crippen LogP contribution >= 0.6 is 0 Å². The molecular formula is C29H26FN3O4. The quantitative estimate of drug-likeness (QED) is 0.451. The number of nitrogens with one attached hydrogen (secondary N) is 2. The predicted octanol–water partition coefficient (Wildman–Crippen LogP) is 5.42. The molecular weight excluding hydrogens is 473 g/mol. The van der Waals surface area contributed by atoms with Gasteiger partial charge in [-0.05, 0) is 41.8 Å². The molecule has 0 bridgehead atoms. The fourth-order valence-corrected chi connectivity index (χ4v) is 4.23. The number of benzene rings is 2. The molecule has 3 aromatic rings. The molecule has 0 amide bonds. The summed E-state index contributed by atoms with van der Waals surface area (Å²) in [6.07, 6.45) is 14.7. The van der Waals surface area contributed by atoms with E-state index < -0.39 is 5.82 Å². The van der Waals surface area contributed by atoms with Gasteiger partial charge in [-0.2, -0.15) is 0 Å². The maximum Gasteiger partial charge on any atom is 0.258 e. The van der Waals surface area contributed by atoms with Crippen LogP contribution in [-0.2, 0) is 6.42 Å². The monoisotopic (exact) mass is 499 g/mol. The molecule has 0 fully saturated rings. The maximum atomic E-state index is 15.1. The Hall–Kier alpha value is -4.59. The van der Waals surface area contributed by atoms with Gasteiger partial charge in [0.15, 0.2) is 23.1 Å². The smallest absolute Gasteiger partial charge is 0.258 e. The number of rotatable bonds is 7. The fraction of sp³-hybridized carbons (Fsp3) is 0.172. The van der Waals surface area contributed by atoms with E-state index >= 15 is 4.39 Å². The van der Waals surface area contributed by atoms with E-state index in [1.54, 1.807) is 26.4 Å². The summed E-state index contributed by atoms with van der Waals surface area (Å²) in [5, 5.41) is 3.25. The average Bonchev–Trinajstić information content (AvgIpc) is 3.18. The summed E-state index contributed by atoms with van der Waals surface area (Å²) in [7, 11) is 3.12. The van der Waals surface area contributed by atoms with Crippen LogP contribution in [0.15, 0.2) is 83.4 Å². The first-order valence-electron chi connectivity index (χ1n) is 11.8. The first-order valence-corrected chi connectivity index (χ1v) is 11.8. The zero-order valence-electron chi connectivity index (χ0n) is 20.5. The van der Waals surface area contributed by atoms with E-state index in [1.807, 2.05) is 30.4 Å². The topological polar surface area (TPSA) is 85.5 Å². The molecule has 2 N–H and O–H groups in total. The first kappa shape index (κ1) is 24.1. The van der Waals surface area contributed by atoms with Crippen molar-refractivity contribution in [1.82, 2.24) is 9.97 Å². The van der Waals surface area contributed by atoms with E-state index in [4.69, 9.17) is 14.2 Å². The van der Waals surface area contributed by atoms with Gasteiger partial charge in [-0.25, -0.2) is 9.37 Å². The molecule has 0 saturated heterocycles. The minimum Gasteiger partial charge on any atom is -0.493 e. The Labute approximate surface area is 213 Å². The van der Waals surface area contributed by atoms with Gasteiger partial charge in [0.2, 0.25) is 0 Å². The second-order valence-electron chi connectivity index (χ2n) is 8.50. The number of aromatic nitrogens is 2. The summed E-state index contributed by atoms with van der Waals surface area (Å²) in [6, 6.07) is 8.02. The largest absolute Gasteiger partial charge is 0.493 e. The van der Waals surface area contributed by atoms with E-state index in [0.29, 0.717) is 41.6 Å². The minimum atomic E-state index is -0.594. The molecule has 2 aliphatic rings. The number of H-pyrrole nitrogens is 1. The number of allylic oxidation sites excluding steroid dienone is 6. The number of methoxy groups -OCH3 is 2. The van der Waals surface area contributed by atoms with E-state index in [0.717, 1.165) is 23.2 Å². The lowest BCUT2D eigenvalue weighted by Crippen LogP contribution is -2.14. The summed E-state index contributed by atoms with van der Waals surface area (Å²) in [4.78, 5) is 20.0. The summed E-state index contributed by atoms with van der Waals surface area (Å²) in [6.45, 7) is 0.508. The van der Waals surface area contributed by atoms with Crippen LogP contribution < -0.4 is 25.1 Å². The number of aromatic amines is 1. The number of fused-ring (bicyclic) bond motifs is 1. The Kier molecular flexibility index (Phi) is 6.89. The van der Waals surface area contributed by atoms with E-state index in [9.17, 15) is 4.79 Å². The Morgan fingerprint density at radius 3 is 2.62 bits per heavy atom. The molecule has 1 aromatic heterocycles. The second kappa shape index (κ2) is 10.6. The van der Waals surface area contributed by atoms with Crippen molar-refractivity contribution in [1.29, 1.82) is 0 Å². The third-order valence-electron chi connectivity index (χ3n) is 6.13. The van der Waals surface area contributed by atoms with Crippen molar-refractivity contribution in [2.45, 2.75) is 12.8 Å². The highest BCUT2D eigenvalue weighted by molar-refractivity contribution is 5.80. The highest BCUT2D eigenvalue weighted by Gasteiger charge is 2.20. The van der Waals surface area contributed by atoms with Gasteiger partial charge in [-0.1, -0.05) is 36.4 Å². The second-order valence-corrected chi connectivity index (χ2v) is 8.50. The number of anilines is 1. The third kappa shape index (κ3) is 5.18. The lowest BCUT2D eigenvalue weighted by Gasteiger charge is -2.22. The van der Waals surface area contributed by atoms with Crippen LogP contribution in [0.2, 0.25) is 0 Å². The average molecular weight is 500 g/mol. The predicted molar refractivity (Wildman–Crippen MR) is 142 cm³/mol. The van der Waals surface area contributed by atoms with Gasteiger partial charge in [0.05, 0.1) is 19.8 Å². The standard InChI is InChI=1S/C29H26FN3O4/c1-35-26-15-20-23(16-27(26)36-2)31-12-11-24(20)37-25-10-9-19(14-22(25)30)21-17-32-28(33-29(21)34)13-18-7-5-3-4-6-8-18/h3-5,7-11,14-17,31H,6,12-13H2,1-2H3,(H,32,33,34). The van der Waals surface area contributed by atoms with Crippen LogP contribution in [0.1, 0.15) is 17.8 Å². The number of hydrogen-bond donors (Lipinski definition) is 2. The first-order chi connectivity index (χ1) is 18.1.